The van der Waals surface area contributed by atoms with Crippen LogP contribution < -0.4 is 5.46 Å². The lowest BCUT2D eigenvalue weighted by Gasteiger charge is -2.07. The van der Waals surface area contributed by atoms with E-state index in [1.165, 1.54) is 21.2 Å². The molecular formula is C24H20BF5OS. The Morgan fingerprint density at radius 1 is 0.719 bits per heavy atom. The number of benzene rings is 4. The predicted molar refractivity (Wildman–Crippen MR) is 123 cm³/mol. The normalized spacial score (nSPS) is 11.7. The highest BCUT2D eigenvalue weighted by Gasteiger charge is 2.20. The highest BCUT2D eigenvalue weighted by atomic mass is 32.2. The van der Waals surface area contributed by atoms with Crippen LogP contribution in [0.3, 0.4) is 0 Å². The number of phenolic OH excluding ortho intramolecular Hbond substituents is 1. The smallest absolute Gasteiger partial charge is 0.200 e. The number of hydrogen-bond donors (Lipinski definition) is 1. The van der Waals surface area contributed by atoms with Crippen LogP contribution in [0.1, 0.15) is 5.56 Å². The van der Waals surface area contributed by atoms with E-state index in [1.807, 2.05) is 12.1 Å². The first kappa shape index (κ1) is 23.7. The largest absolute Gasteiger partial charge is 0.508 e. The average Bonchev–Trinajstić information content (AvgIpc) is 2.81. The van der Waals surface area contributed by atoms with Gasteiger partial charge in [0.15, 0.2) is 22.3 Å². The highest BCUT2D eigenvalue weighted by molar-refractivity contribution is 7.95. The molecule has 8 heteroatoms. The van der Waals surface area contributed by atoms with Gasteiger partial charge in [0.25, 0.3) is 0 Å². The lowest BCUT2D eigenvalue weighted by Crippen LogP contribution is -2.20. The van der Waals surface area contributed by atoms with Crippen LogP contribution in [0.15, 0.2) is 71.6 Å². The van der Waals surface area contributed by atoms with Crippen LogP contribution in [0.4, 0.5) is 22.0 Å². The molecule has 4 aromatic rings. The van der Waals surface area contributed by atoms with Crippen molar-refractivity contribution >= 4 is 35.0 Å². The molecule has 4 aromatic carbocycles. The van der Waals surface area contributed by atoms with E-state index in [2.05, 4.69) is 48.7 Å². The van der Waals surface area contributed by atoms with Gasteiger partial charge in [0.05, 0.1) is 0 Å². The van der Waals surface area contributed by atoms with Crippen molar-refractivity contribution in [2.45, 2.75) is 10.6 Å². The first-order chi connectivity index (χ1) is 15.2. The van der Waals surface area contributed by atoms with E-state index in [9.17, 15) is 27.1 Å². The molecule has 1 nitrogen and oxygen atoms in total. The van der Waals surface area contributed by atoms with Crippen molar-refractivity contribution in [1.29, 1.82) is 0 Å². The average molecular weight is 462 g/mol. The van der Waals surface area contributed by atoms with Gasteiger partial charge >= 0.3 is 0 Å². The van der Waals surface area contributed by atoms with E-state index >= 15 is 0 Å². The topological polar surface area (TPSA) is 20.2 Å². The summed E-state index contributed by atoms with van der Waals surface area (Å²) in [6, 6.07) is 22.6. The molecule has 0 amide bonds. The van der Waals surface area contributed by atoms with Crippen LogP contribution in [0.25, 0.3) is 10.8 Å². The second-order valence-corrected chi connectivity index (χ2v) is 8.64. The monoisotopic (exact) mass is 462 g/mol. The molecule has 1 N–H and O–H groups in total. The Balaban J connectivity index is 0.000000207. The summed E-state index contributed by atoms with van der Waals surface area (Å²) in [4.78, 5) is 1.29. The minimum atomic E-state index is -2.09. The zero-order valence-electron chi connectivity index (χ0n) is 16.3. The van der Waals surface area contributed by atoms with Crippen molar-refractivity contribution in [3.8, 4) is 5.75 Å². The maximum absolute atomic E-state index is 12.5. The number of rotatable bonds is 3. The molecule has 166 valence electrons. The van der Waals surface area contributed by atoms with E-state index < -0.39 is 42.4 Å². The van der Waals surface area contributed by atoms with E-state index in [0.29, 0.717) is 5.75 Å². The van der Waals surface area contributed by atoms with E-state index in [-0.39, 0.29) is 10.9 Å². The molecule has 0 saturated heterocycles. The number of hydrogen-bond acceptors (Lipinski definition) is 1. The van der Waals surface area contributed by atoms with Crippen LogP contribution in [-0.4, -0.2) is 19.2 Å². The Labute approximate surface area is 186 Å². The Hall–Kier alpha value is -3.00. The van der Waals surface area contributed by atoms with Gasteiger partial charge in [0.1, 0.15) is 29.4 Å². The van der Waals surface area contributed by atoms with Crippen molar-refractivity contribution in [1.82, 2.24) is 0 Å². The first-order valence-electron chi connectivity index (χ1n) is 9.07. The van der Waals surface area contributed by atoms with Gasteiger partial charge in [-0.05, 0) is 42.9 Å². The lowest BCUT2D eigenvalue weighted by molar-refractivity contribution is 0.384. The van der Waals surface area contributed by atoms with Gasteiger partial charge in [-0.15, -0.1) is 5.46 Å². The number of halogens is 5. The summed E-state index contributed by atoms with van der Waals surface area (Å²) in [5.74, 6) is -7.77. The predicted octanol–water partition coefficient (Wildman–Crippen LogP) is 4.73. The van der Waals surface area contributed by atoms with Gasteiger partial charge in [-0.2, -0.15) is 0 Å². The summed E-state index contributed by atoms with van der Waals surface area (Å²) in [6.45, 7) is 0. The summed E-state index contributed by atoms with van der Waals surface area (Å²) in [5.41, 5.74) is 0.772. The molecule has 1 atom stereocenters. The van der Waals surface area contributed by atoms with Crippen molar-refractivity contribution in [3.63, 3.8) is 0 Å². The van der Waals surface area contributed by atoms with Gasteiger partial charge in [-0.1, -0.05) is 42.5 Å². The second-order valence-electron chi connectivity index (χ2n) is 6.61. The Bertz CT molecular complexity index is 1140. The minimum Gasteiger partial charge on any atom is -0.508 e. The molecule has 0 saturated carbocycles. The van der Waals surface area contributed by atoms with Gasteiger partial charge in [-0.25, -0.2) is 22.0 Å². The standard InChI is InChI=1S/C18H16OS.C6H3BF5/c1-20(17-11-9-16(19)10-12-17)13-15-7-4-6-14-5-2-3-8-18(14)15;7-1-2(8)4(10)6(12)5(11)3(1)9/h2-12H,13H2,1H3;7H3/q;-1/p+1. The molecule has 0 aliphatic rings. The fraction of sp³-hybridized carbons (Fsp3) is 0.0833. The van der Waals surface area contributed by atoms with Gasteiger partial charge < -0.3 is 5.11 Å². The van der Waals surface area contributed by atoms with E-state index in [4.69, 9.17) is 0 Å². The van der Waals surface area contributed by atoms with Crippen LogP contribution in [-0.2, 0) is 16.6 Å². The summed E-state index contributed by atoms with van der Waals surface area (Å²) in [5, 5.41) is 12.0. The fourth-order valence-corrected chi connectivity index (χ4v) is 4.39. The zero-order chi connectivity index (χ0) is 23.4. The molecule has 0 spiro atoms. The molecule has 0 aliphatic heterocycles. The molecule has 0 heterocycles. The van der Waals surface area contributed by atoms with Crippen molar-refractivity contribution < 1.29 is 27.1 Å². The third kappa shape index (κ3) is 5.07. The van der Waals surface area contributed by atoms with Crippen LogP contribution in [0, 0.1) is 29.1 Å². The quantitative estimate of drug-likeness (QED) is 0.154. The van der Waals surface area contributed by atoms with Crippen molar-refractivity contribution in [2.24, 2.45) is 0 Å². The van der Waals surface area contributed by atoms with Crippen molar-refractivity contribution in [2.75, 3.05) is 6.26 Å². The zero-order valence-corrected chi connectivity index (χ0v) is 17.1. The Kier molecular flexibility index (Phi) is 7.46. The number of fused-ring (bicyclic) bond motifs is 1. The van der Waals surface area contributed by atoms with Crippen molar-refractivity contribution in [3.05, 3.63) is 101 Å². The maximum Gasteiger partial charge on any atom is 0.200 e. The molecule has 0 aromatic heterocycles. The molecule has 0 bridgehead atoms. The number of aromatic hydroxyl groups is 1. The third-order valence-electron chi connectivity index (χ3n) is 4.48. The van der Waals surface area contributed by atoms with Gasteiger partial charge in [-0.3, -0.25) is 0 Å². The minimum absolute atomic E-state index is 0.140. The Morgan fingerprint density at radius 2 is 1.25 bits per heavy atom. The first-order valence-corrected chi connectivity index (χ1v) is 10.9. The molecule has 0 fully saturated rings. The van der Waals surface area contributed by atoms with Crippen LogP contribution in [0.5, 0.6) is 5.75 Å². The molecular weight excluding hydrogens is 442 g/mol. The van der Waals surface area contributed by atoms with Crippen LogP contribution >= 0.6 is 0 Å². The lowest BCUT2D eigenvalue weighted by atomic mass is 9.94. The van der Waals surface area contributed by atoms with Gasteiger partial charge in [0.2, 0.25) is 0 Å². The molecule has 32 heavy (non-hydrogen) atoms. The van der Waals surface area contributed by atoms with Gasteiger partial charge in [0, 0.05) is 16.5 Å². The second kappa shape index (κ2) is 10.1. The van der Waals surface area contributed by atoms with E-state index in [1.54, 1.807) is 12.1 Å². The molecule has 1 unspecified atom stereocenters. The fourth-order valence-electron chi connectivity index (χ4n) is 2.91. The molecule has 4 rings (SSSR count). The van der Waals surface area contributed by atoms with E-state index in [0.717, 1.165) is 5.75 Å². The maximum atomic E-state index is 12.5. The highest BCUT2D eigenvalue weighted by Crippen LogP contribution is 2.24. The summed E-state index contributed by atoms with van der Waals surface area (Å²) in [6.07, 6.45) is 2.26. The summed E-state index contributed by atoms with van der Waals surface area (Å²) in [7, 11) is -0.914. The summed E-state index contributed by atoms with van der Waals surface area (Å²) >= 11 is 0. The number of phenols is 1. The molecule has 0 radical (unpaired) electrons. The summed E-state index contributed by atoms with van der Waals surface area (Å²) < 4.78 is 61.8. The molecule has 0 aliphatic carbocycles. The Morgan fingerprint density at radius 3 is 1.88 bits per heavy atom. The van der Waals surface area contributed by atoms with Crippen LogP contribution in [0.2, 0.25) is 0 Å². The SMILES string of the molecule is C[S+](Cc1cccc2ccccc12)c1ccc(O)cc1.[BH3-]c1c(F)c(F)c(F)c(F)c1F. The third-order valence-corrected chi connectivity index (χ3v) is 6.30.